The average molecular weight is 305 g/mol. The van der Waals surface area contributed by atoms with Gasteiger partial charge in [-0.15, -0.1) is 23.4 Å². The Labute approximate surface area is 118 Å². The van der Waals surface area contributed by atoms with E-state index in [0.717, 1.165) is 17.1 Å². The lowest BCUT2D eigenvalue weighted by molar-refractivity contribution is -0.115. The first-order valence-electron chi connectivity index (χ1n) is 5.52. The number of thioether (sulfide) groups is 1. The molecular weight excluding hydrogens is 295 g/mol. The van der Waals surface area contributed by atoms with Gasteiger partial charge in [0.05, 0.1) is 5.54 Å². The van der Waals surface area contributed by atoms with E-state index in [2.05, 4.69) is 10.6 Å². The molecule has 2 aliphatic heterocycles. The number of nitrogens with one attached hydrogen (secondary N) is 2. The summed E-state index contributed by atoms with van der Waals surface area (Å²) in [5.41, 5.74) is -0.0165. The van der Waals surface area contributed by atoms with Crippen LogP contribution in [0.4, 0.5) is 4.79 Å². The molecule has 2 N–H and O–H groups in total. The van der Waals surface area contributed by atoms with Crippen LogP contribution in [0, 0.1) is 0 Å². The van der Waals surface area contributed by atoms with Crippen LogP contribution in [0.15, 0.2) is 21.6 Å². The van der Waals surface area contributed by atoms with E-state index in [1.54, 1.807) is 17.8 Å². The molecule has 2 heterocycles. The zero-order valence-electron chi connectivity index (χ0n) is 9.26. The fourth-order valence-electron chi connectivity index (χ4n) is 2.53. The summed E-state index contributed by atoms with van der Waals surface area (Å²) in [7, 11) is 0. The lowest BCUT2D eigenvalue weighted by atomic mass is 9.81. The predicted octanol–water partition coefficient (Wildman–Crippen LogP) is 1.74. The third-order valence-corrected chi connectivity index (χ3v) is 5.32. The van der Waals surface area contributed by atoms with Crippen LogP contribution in [-0.2, 0) is 4.79 Å². The topological polar surface area (TPSA) is 58.2 Å². The molecule has 0 saturated carbocycles. The van der Waals surface area contributed by atoms with Gasteiger partial charge in [-0.3, -0.25) is 4.79 Å². The fourth-order valence-corrected chi connectivity index (χ4v) is 4.29. The van der Waals surface area contributed by atoms with Crippen LogP contribution in [0.1, 0.15) is 6.42 Å². The van der Waals surface area contributed by atoms with Crippen molar-refractivity contribution < 1.29 is 9.59 Å². The zero-order chi connectivity index (χ0) is 12.9. The number of urea groups is 1. The summed E-state index contributed by atoms with van der Waals surface area (Å²) in [6.07, 6.45) is 2.46. The van der Waals surface area contributed by atoms with Gasteiger partial charge >= 0.3 is 6.03 Å². The van der Waals surface area contributed by atoms with Gasteiger partial charge < -0.3 is 10.6 Å². The molecule has 1 saturated heterocycles. The third-order valence-electron chi connectivity index (χ3n) is 3.40. The normalized spacial score (nSPS) is 35.2. The second-order valence-electron chi connectivity index (χ2n) is 4.48. The Morgan fingerprint density at radius 3 is 2.89 bits per heavy atom. The molecule has 4 nitrogen and oxygen atoms in total. The average Bonchev–Trinajstić information content (AvgIpc) is 2.68. The van der Waals surface area contributed by atoms with E-state index in [1.807, 2.05) is 0 Å². The Hall–Kier alpha value is -0.650. The Morgan fingerprint density at radius 2 is 2.22 bits per heavy atom. The molecule has 2 amide bonds. The first kappa shape index (κ1) is 12.4. The van der Waals surface area contributed by atoms with E-state index in [-0.39, 0.29) is 11.8 Å². The standard InChI is InChI=1S/C11H10Cl2N2O2S/c12-5-3-6-7(9(16)8(5)13)11(1-2-18-6)4-14-10(17)15-11/h3,8H,1-2,4H2,(H2,14,15,17). The second-order valence-corrected chi connectivity index (χ2v) is 6.49. The van der Waals surface area contributed by atoms with Crippen LogP contribution in [0.3, 0.4) is 0 Å². The van der Waals surface area contributed by atoms with Crippen molar-refractivity contribution in [1.82, 2.24) is 10.6 Å². The number of hydrogen-bond donors (Lipinski definition) is 2. The molecule has 2 atom stereocenters. The van der Waals surface area contributed by atoms with Crippen molar-refractivity contribution in [2.24, 2.45) is 0 Å². The maximum absolute atomic E-state index is 12.3. The van der Waals surface area contributed by atoms with Crippen LogP contribution in [0.2, 0.25) is 0 Å². The van der Waals surface area contributed by atoms with Gasteiger partial charge in [0, 0.05) is 27.8 Å². The summed E-state index contributed by atoms with van der Waals surface area (Å²) in [6, 6.07) is -0.242. The maximum Gasteiger partial charge on any atom is 0.315 e. The molecular formula is C11H10Cl2N2O2S. The summed E-state index contributed by atoms with van der Waals surface area (Å²) in [4.78, 5) is 24.6. The van der Waals surface area contributed by atoms with Crippen molar-refractivity contribution in [2.45, 2.75) is 17.3 Å². The summed E-state index contributed by atoms with van der Waals surface area (Å²) in [6.45, 7) is 0.423. The van der Waals surface area contributed by atoms with Crippen LogP contribution < -0.4 is 10.6 Å². The molecule has 0 radical (unpaired) electrons. The Bertz CT molecular complexity index is 517. The van der Waals surface area contributed by atoms with E-state index < -0.39 is 10.9 Å². The molecule has 7 heteroatoms. The number of rotatable bonds is 0. The van der Waals surface area contributed by atoms with E-state index in [1.165, 1.54) is 0 Å². The minimum Gasteiger partial charge on any atom is -0.335 e. The van der Waals surface area contributed by atoms with Crippen LogP contribution in [0.25, 0.3) is 0 Å². The number of alkyl halides is 1. The first-order chi connectivity index (χ1) is 8.53. The molecule has 2 unspecified atom stereocenters. The van der Waals surface area contributed by atoms with Gasteiger partial charge in [0.2, 0.25) is 0 Å². The van der Waals surface area contributed by atoms with Gasteiger partial charge in [0.25, 0.3) is 0 Å². The number of carbonyl (C=O) groups excluding carboxylic acids is 2. The van der Waals surface area contributed by atoms with E-state index >= 15 is 0 Å². The number of halogens is 2. The van der Waals surface area contributed by atoms with E-state index in [9.17, 15) is 9.59 Å². The molecule has 0 aromatic rings. The predicted molar refractivity (Wildman–Crippen MR) is 72.0 cm³/mol. The Balaban J connectivity index is 2.12. The summed E-state index contributed by atoms with van der Waals surface area (Å²) < 4.78 is 0. The van der Waals surface area contributed by atoms with Gasteiger partial charge in [-0.05, 0) is 12.5 Å². The third kappa shape index (κ3) is 1.68. The summed E-state index contributed by atoms with van der Waals surface area (Å²) in [5.74, 6) is 0.636. The number of hydrogen-bond acceptors (Lipinski definition) is 3. The molecule has 1 aliphatic carbocycles. The lowest BCUT2D eigenvalue weighted by Gasteiger charge is -2.37. The molecule has 3 aliphatic rings. The van der Waals surface area contributed by atoms with Gasteiger partial charge in [0.1, 0.15) is 5.38 Å². The zero-order valence-corrected chi connectivity index (χ0v) is 11.6. The number of amides is 2. The van der Waals surface area contributed by atoms with Crippen molar-refractivity contribution in [3.05, 3.63) is 21.6 Å². The van der Waals surface area contributed by atoms with Gasteiger partial charge in [-0.2, -0.15) is 0 Å². The molecule has 96 valence electrons. The number of allylic oxidation sites excluding steroid dienone is 2. The Kier molecular flexibility index (Phi) is 2.88. The maximum atomic E-state index is 12.3. The molecule has 18 heavy (non-hydrogen) atoms. The van der Waals surface area contributed by atoms with Crippen molar-refractivity contribution in [2.75, 3.05) is 12.3 Å². The molecule has 0 aromatic heterocycles. The minimum atomic E-state index is -0.835. The lowest BCUT2D eigenvalue weighted by Crippen LogP contribution is -2.51. The van der Waals surface area contributed by atoms with Crippen LogP contribution in [0.5, 0.6) is 0 Å². The van der Waals surface area contributed by atoms with Crippen LogP contribution in [-0.4, -0.2) is 35.0 Å². The second kappa shape index (κ2) is 4.18. The smallest absolute Gasteiger partial charge is 0.315 e. The SMILES string of the molecule is O=C1NCC2(CCSC3=C2C(=O)C(Cl)C(Cl)=C3)N1. The number of Topliss-reactive ketones (excluding diaryl/α,β-unsaturated/α-hetero) is 1. The van der Waals surface area contributed by atoms with Crippen molar-refractivity contribution in [1.29, 1.82) is 0 Å². The quantitative estimate of drug-likeness (QED) is 0.670. The number of carbonyl (C=O) groups is 2. The van der Waals surface area contributed by atoms with Gasteiger partial charge in [-0.1, -0.05) is 11.6 Å². The highest BCUT2D eigenvalue weighted by Crippen LogP contribution is 2.44. The highest BCUT2D eigenvalue weighted by Gasteiger charge is 2.49. The molecule has 1 fully saturated rings. The fraction of sp³-hybridized carbons (Fsp3) is 0.455. The van der Waals surface area contributed by atoms with Crippen molar-refractivity contribution in [3.8, 4) is 0 Å². The number of ketones is 1. The highest BCUT2D eigenvalue weighted by atomic mass is 35.5. The summed E-state index contributed by atoms with van der Waals surface area (Å²) in [5, 5.41) is 5.09. The Morgan fingerprint density at radius 1 is 1.44 bits per heavy atom. The summed E-state index contributed by atoms with van der Waals surface area (Å²) >= 11 is 13.6. The molecule has 3 rings (SSSR count). The molecule has 0 aromatic carbocycles. The van der Waals surface area contributed by atoms with Crippen molar-refractivity contribution >= 4 is 46.8 Å². The monoisotopic (exact) mass is 304 g/mol. The molecule has 0 bridgehead atoms. The molecule has 1 spiro atoms. The van der Waals surface area contributed by atoms with Crippen LogP contribution >= 0.6 is 35.0 Å². The van der Waals surface area contributed by atoms with E-state index in [0.29, 0.717) is 17.2 Å². The van der Waals surface area contributed by atoms with Crippen molar-refractivity contribution in [3.63, 3.8) is 0 Å². The van der Waals surface area contributed by atoms with E-state index in [4.69, 9.17) is 23.2 Å². The largest absolute Gasteiger partial charge is 0.335 e. The van der Waals surface area contributed by atoms with Gasteiger partial charge in [0.15, 0.2) is 5.78 Å². The minimum absolute atomic E-state index is 0.199. The number of fused-ring (bicyclic) bond motifs is 1. The van der Waals surface area contributed by atoms with Gasteiger partial charge in [-0.25, -0.2) is 4.79 Å². The highest BCUT2D eigenvalue weighted by molar-refractivity contribution is 8.03. The first-order valence-corrected chi connectivity index (χ1v) is 7.32.